The van der Waals surface area contributed by atoms with Gasteiger partial charge in [0.1, 0.15) is 11.7 Å². The molecule has 228 valence electrons. The molecule has 2 aliphatic carbocycles. The molecule has 0 N–H and O–H groups in total. The number of hydrogen-bond acceptors (Lipinski definition) is 6. The molecular formula is C30H58O6SSi2. The fourth-order valence-corrected chi connectivity index (χ4v) is 9.65. The lowest BCUT2D eigenvalue weighted by Gasteiger charge is -2.35. The predicted molar refractivity (Wildman–Crippen MR) is 166 cm³/mol. The maximum absolute atomic E-state index is 11.8. The van der Waals surface area contributed by atoms with Crippen LogP contribution in [-0.4, -0.2) is 63.3 Å². The Hall–Kier alpha value is -0.0362. The van der Waals surface area contributed by atoms with Gasteiger partial charge in [0.25, 0.3) is 10.1 Å². The molecule has 0 aromatic carbocycles. The highest BCUT2D eigenvalue weighted by Crippen LogP contribution is 2.69. The maximum atomic E-state index is 11.8. The van der Waals surface area contributed by atoms with Crippen LogP contribution in [0.2, 0.25) is 26.2 Å². The molecule has 3 aliphatic rings. The highest BCUT2D eigenvalue weighted by Gasteiger charge is 2.79. The van der Waals surface area contributed by atoms with E-state index in [2.05, 4.69) is 79.9 Å². The van der Waals surface area contributed by atoms with Crippen molar-refractivity contribution >= 4 is 28.2 Å². The first kappa shape index (κ1) is 33.5. The molecule has 3 fully saturated rings. The molecule has 1 aliphatic heterocycles. The van der Waals surface area contributed by atoms with Gasteiger partial charge in [0.2, 0.25) is 0 Å². The lowest BCUT2D eigenvalue weighted by Crippen LogP contribution is -2.44. The van der Waals surface area contributed by atoms with Crippen LogP contribution in [0.5, 0.6) is 0 Å². The standard InChI is InChI=1S/C30H58O6SSi2/c1-27(2,3)22(15-13-12-14-18-34-38(8)9)16-17-23-24(28(4,5)6)20-30(36-39(10)11)25(23)19-29(26(30)35-29)21-33-37(7,31)32/h16-17,22-26,38-39H,12-15,18-21H2,1-11H3/t22-,23-,24+,25-,26?,29?,30-/m0/s1. The Bertz CT molecular complexity index is 953. The van der Waals surface area contributed by atoms with E-state index in [1.807, 2.05) is 0 Å². The molecule has 3 rings (SSSR count). The van der Waals surface area contributed by atoms with Crippen molar-refractivity contribution in [1.82, 2.24) is 0 Å². The van der Waals surface area contributed by atoms with Gasteiger partial charge < -0.3 is 13.6 Å². The Morgan fingerprint density at radius 2 is 1.67 bits per heavy atom. The molecule has 2 unspecified atom stereocenters. The first-order valence-corrected chi connectivity index (χ1v) is 22.7. The van der Waals surface area contributed by atoms with Gasteiger partial charge in [-0.2, -0.15) is 8.42 Å². The summed E-state index contributed by atoms with van der Waals surface area (Å²) in [6.07, 6.45) is 12.6. The van der Waals surface area contributed by atoms with Gasteiger partial charge in [-0.25, -0.2) is 0 Å². The molecule has 0 amide bonds. The highest BCUT2D eigenvalue weighted by atomic mass is 32.2. The minimum absolute atomic E-state index is 0.0792. The van der Waals surface area contributed by atoms with E-state index < -0.39 is 33.8 Å². The summed E-state index contributed by atoms with van der Waals surface area (Å²) in [6, 6.07) is 0. The molecule has 0 aromatic rings. The number of fused-ring (bicyclic) bond motifs is 3. The molecule has 0 radical (unpaired) electrons. The van der Waals surface area contributed by atoms with Crippen molar-refractivity contribution in [2.75, 3.05) is 19.5 Å². The summed E-state index contributed by atoms with van der Waals surface area (Å²) in [5.74, 6) is 1.66. The van der Waals surface area contributed by atoms with Crippen LogP contribution in [0.4, 0.5) is 0 Å². The lowest BCUT2D eigenvalue weighted by atomic mass is 9.71. The van der Waals surface area contributed by atoms with Gasteiger partial charge in [0.05, 0.1) is 18.5 Å². The van der Waals surface area contributed by atoms with Gasteiger partial charge >= 0.3 is 0 Å². The Kier molecular flexibility index (Phi) is 10.5. The number of hydrogen-bond donors (Lipinski definition) is 0. The summed E-state index contributed by atoms with van der Waals surface area (Å²) < 4.78 is 48.1. The molecule has 39 heavy (non-hydrogen) atoms. The molecule has 6 nitrogen and oxygen atoms in total. The van der Waals surface area contributed by atoms with Gasteiger partial charge in [-0.05, 0) is 86.4 Å². The van der Waals surface area contributed by atoms with E-state index in [1.54, 1.807) is 0 Å². The quantitative estimate of drug-likeness (QED) is 0.0762. The predicted octanol–water partition coefficient (Wildman–Crippen LogP) is 6.32. The van der Waals surface area contributed by atoms with Crippen molar-refractivity contribution in [3.05, 3.63) is 12.2 Å². The minimum Gasteiger partial charge on any atom is -0.421 e. The van der Waals surface area contributed by atoms with Crippen molar-refractivity contribution in [1.29, 1.82) is 0 Å². The van der Waals surface area contributed by atoms with Gasteiger partial charge in [-0.3, -0.25) is 4.18 Å². The van der Waals surface area contributed by atoms with Crippen LogP contribution < -0.4 is 0 Å². The first-order chi connectivity index (χ1) is 17.8. The second-order valence-corrected chi connectivity index (χ2v) is 21.7. The third-order valence-corrected chi connectivity index (χ3v) is 11.6. The third-order valence-electron chi connectivity index (χ3n) is 9.25. The van der Waals surface area contributed by atoms with Crippen LogP contribution in [0, 0.1) is 34.5 Å². The molecular weight excluding hydrogens is 545 g/mol. The molecule has 9 heteroatoms. The van der Waals surface area contributed by atoms with Crippen LogP contribution in [0.3, 0.4) is 0 Å². The number of ether oxygens (including phenoxy) is 1. The van der Waals surface area contributed by atoms with E-state index in [-0.39, 0.29) is 29.1 Å². The van der Waals surface area contributed by atoms with Gasteiger partial charge in [0.15, 0.2) is 18.1 Å². The van der Waals surface area contributed by atoms with Crippen LogP contribution in [-0.2, 0) is 27.9 Å². The summed E-state index contributed by atoms with van der Waals surface area (Å²) >= 11 is 0. The zero-order valence-electron chi connectivity index (χ0n) is 26.7. The van der Waals surface area contributed by atoms with Crippen LogP contribution in [0.25, 0.3) is 0 Å². The highest BCUT2D eigenvalue weighted by molar-refractivity contribution is 7.85. The van der Waals surface area contributed by atoms with Gasteiger partial charge in [0, 0.05) is 6.61 Å². The Morgan fingerprint density at radius 1 is 1.00 bits per heavy atom. The monoisotopic (exact) mass is 602 g/mol. The number of unbranched alkanes of at least 4 members (excludes halogenated alkanes) is 2. The van der Waals surface area contributed by atoms with Crippen LogP contribution >= 0.6 is 0 Å². The first-order valence-electron chi connectivity index (χ1n) is 15.3. The summed E-state index contributed by atoms with van der Waals surface area (Å²) in [5.41, 5.74) is -0.551. The summed E-state index contributed by atoms with van der Waals surface area (Å²) in [4.78, 5) is 0. The minimum atomic E-state index is -3.53. The molecule has 1 saturated heterocycles. The Morgan fingerprint density at radius 3 is 2.21 bits per heavy atom. The van der Waals surface area contributed by atoms with Crippen molar-refractivity contribution in [2.24, 2.45) is 34.5 Å². The number of epoxide rings is 1. The Labute approximate surface area is 243 Å². The van der Waals surface area contributed by atoms with Crippen LogP contribution in [0.1, 0.15) is 80.1 Å². The molecule has 1 heterocycles. The topological polar surface area (TPSA) is 74.4 Å². The second kappa shape index (κ2) is 12.3. The molecule has 0 spiro atoms. The van der Waals surface area contributed by atoms with Crippen LogP contribution in [0.15, 0.2) is 12.2 Å². The number of allylic oxidation sites excluding steroid dienone is 2. The average molecular weight is 603 g/mol. The van der Waals surface area contributed by atoms with E-state index >= 15 is 0 Å². The summed E-state index contributed by atoms with van der Waals surface area (Å²) in [6.45, 7) is 24.1. The van der Waals surface area contributed by atoms with Crippen molar-refractivity contribution < 1.29 is 26.2 Å². The van der Waals surface area contributed by atoms with E-state index in [1.165, 1.54) is 19.3 Å². The molecule has 7 atom stereocenters. The van der Waals surface area contributed by atoms with Crippen molar-refractivity contribution in [2.45, 2.75) is 124 Å². The molecule has 2 saturated carbocycles. The van der Waals surface area contributed by atoms with Crippen molar-refractivity contribution in [3.63, 3.8) is 0 Å². The SMILES string of the molecule is C[SiH](C)OCCCCC[C@@H](C=C[C@H]1[C@H](C(C)(C)C)C[C@@]2(O[SiH](C)C)C3OC3(COS(C)(=O)=O)C[C@@H]12)C(C)(C)C. The number of rotatable bonds is 14. The summed E-state index contributed by atoms with van der Waals surface area (Å²) in [7, 11) is -5.83. The second-order valence-electron chi connectivity index (χ2n) is 15.3. The van der Waals surface area contributed by atoms with E-state index in [0.29, 0.717) is 23.7 Å². The molecule has 0 aromatic heterocycles. The Balaban J connectivity index is 1.82. The fourth-order valence-electron chi connectivity index (χ4n) is 7.33. The van der Waals surface area contributed by atoms with Gasteiger partial charge in [-0.15, -0.1) is 0 Å². The van der Waals surface area contributed by atoms with E-state index in [4.69, 9.17) is 17.8 Å². The largest absolute Gasteiger partial charge is 0.421 e. The zero-order valence-corrected chi connectivity index (χ0v) is 29.8. The molecule has 0 bridgehead atoms. The van der Waals surface area contributed by atoms with E-state index in [9.17, 15) is 8.42 Å². The maximum Gasteiger partial charge on any atom is 0.264 e. The summed E-state index contributed by atoms with van der Waals surface area (Å²) in [5, 5.41) is 0. The fraction of sp³-hybridized carbons (Fsp3) is 0.933. The zero-order chi connectivity index (χ0) is 29.4. The normalized spacial score (nSPS) is 33.8. The van der Waals surface area contributed by atoms with Crippen molar-refractivity contribution in [3.8, 4) is 0 Å². The lowest BCUT2D eigenvalue weighted by molar-refractivity contribution is -0.0135. The average Bonchev–Trinajstić information content (AvgIpc) is 3.31. The third kappa shape index (κ3) is 8.29. The van der Waals surface area contributed by atoms with E-state index in [0.717, 1.165) is 32.1 Å². The smallest absolute Gasteiger partial charge is 0.264 e. The van der Waals surface area contributed by atoms with Gasteiger partial charge in [-0.1, -0.05) is 66.5 Å².